The molecular formula is C21H20N4O5. The van der Waals surface area contributed by atoms with E-state index in [1.54, 1.807) is 30.5 Å². The molecule has 3 amide bonds. The number of nitrogens with one attached hydrogen (secondary N) is 2. The summed E-state index contributed by atoms with van der Waals surface area (Å²) in [6.45, 7) is 0. The van der Waals surface area contributed by atoms with Crippen LogP contribution in [0.5, 0.6) is 0 Å². The quantitative estimate of drug-likeness (QED) is 0.621. The summed E-state index contributed by atoms with van der Waals surface area (Å²) >= 11 is 0. The van der Waals surface area contributed by atoms with Crippen molar-refractivity contribution in [1.82, 2.24) is 20.5 Å². The lowest BCUT2D eigenvalue weighted by atomic mass is 10.00. The van der Waals surface area contributed by atoms with Gasteiger partial charge in [-0.2, -0.15) is 0 Å². The highest BCUT2D eigenvalue weighted by Gasteiger charge is 2.32. The molecule has 30 heavy (non-hydrogen) atoms. The lowest BCUT2D eigenvalue weighted by Gasteiger charge is -2.25. The summed E-state index contributed by atoms with van der Waals surface area (Å²) in [5.74, 6) is -2.25. The van der Waals surface area contributed by atoms with Gasteiger partial charge >= 0.3 is 12.0 Å². The number of pyridine rings is 1. The largest absolute Gasteiger partial charge is 0.481 e. The molecule has 1 aliphatic rings. The summed E-state index contributed by atoms with van der Waals surface area (Å²) < 4.78 is 0. The highest BCUT2D eigenvalue weighted by atomic mass is 16.4. The smallest absolute Gasteiger partial charge is 0.316 e. The Labute approximate surface area is 172 Å². The van der Waals surface area contributed by atoms with Crippen LogP contribution in [0.3, 0.4) is 0 Å². The highest BCUT2D eigenvalue weighted by Crippen LogP contribution is 2.23. The van der Waals surface area contributed by atoms with Crippen LogP contribution in [0.4, 0.5) is 4.79 Å². The predicted octanol–water partition coefficient (Wildman–Crippen LogP) is 1.49. The summed E-state index contributed by atoms with van der Waals surface area (Å²) in [5.41, 5.74) is 2.01. The van der Waals surface area contributed by atoms with Crippen molar-refractivity contribution >= 4 is 23.7 Å². The van der Waals surface area contributed by atoms with Crippen LogP contribution in [0.2, 0.25) is 0 Å². The molecule has 1 aromatic carbocycles. The molecule has 0 spiro atoms. The monoisotopic (exact) mass is 408 g/mol. The Morgan fingerprint density at radius 1 is 1.20 bits per heavy atom. The average Bonchev–Trinajstić information content (AvgIpc) is 2.74. The fourth-order valence-corrected chi connectivity index (χ4v) is 3.02. The first-order chi connectivity index (χ1) is 14.3. The fraction of sp³-hybridized carbons (Fsp3) is 0.190. The summed E-state index contributed by atoms with van der Waals surface area (Å²) in [5, 5.41) is 14.1. The second-order valence-corrected chi connectivity index (χ2v) is 6.71. The zero-order valence-electron chi connectivity index (χ0n) is 16.1. The van der Waals surface area contributed by atoms with E-state index in [1.165, 1.54) is 24.2 Å². The van der Waals surface area contributed by atoms with Crippen molar-refractivity contribution < 1.29 is 24.3 Å². The van der Waals surface area contributed by atoms with Gasteiger partial charge in [-0.3, -0.25) is 19.4 Å². The van der Waals surface area contributed by atoms with Crippen LogP contribution in [-0.4, -0.2) is 51.8 Å². The van der Waals surface area contributed by atoms with Crippen molar-refractivity contribution in [2.45, 2.75) is 18.5 Å². The van der Waals surface area contributed by atoms with Gasteiger partial charge in [0.05, 0.1) is 18.2 Å². The second-order valence-electron chi connectivity index (χ2n) is 6.71. The molecule has 0 saturated heterocycles. The molecule has 3 rings (SSSR count). The van der Waals surface area contributed by atoms with Crippen molar-refractivity contribution in [3.05, 3.63) is 66.5 Å². The number of hydrogen-bond acceptors (Lipinski definition) is 5. The van der Waals surface area contributed by atoms with E-state index < -0.39 is 35.8 Å². The minimum Gasteiger partial charge on any atom is -0.481 e. The molecule has 9 nitrogen and oxygen atoms in total. The number of carboxylic acid groups (broad SMARTS) is 1. The van der Waals surface area contributed by atoms with Gasteiger partial charge in [0.2, 0.25) is 0 Å². The number of urea groups is 1. The highest BCUT2D eigenvalue weighted by molar-refractivity contribution is 6.14. The molecule has 0 fully saturated rings. The molecule has 0 bridgehead atoms. The number of carbonyl (C=O) groups is 4. The van der Waals surface area contributed by atoms with Crippen LogP contribution in [-0.2, 0) is 14.4 Å². The van der Waals surface area contributed by atoms with Crippen LogP contribution in [0.15, 0.2) is 60.9 Å². The standard InChI is InChI=1S/C21H20N4O5/c1-25-10-8-17(26)19(20(25)29)24-21(30)23-16(12-18(27)28)14-6-4-5-13(11-14)15-7-2-3-9-22-15/h2-11,16,19H,12H2,1H3,(H,27,28)(H2,23,24,30). The lowest BCUT2D eigenvalue weighted by Crippen LogP contribution is -2.55. The molecule has 2 unspecified atom stereocenters. The molecule has 2 heterocycles. The molecule has 1 aliphatic heterocycles. The van der Waals surface area contributed by atoms with Crippen molar-refractivity contribution in [1.29, 1.82) is 0 Å². The number of ketones is 1. The number of rotatable bonds is 6. The number of carbonyl (C=O) groups excluding carboxylic acids is 3. The summed E-state index contributed by atoms with van der Waals surface area (Å²) in [6.07, 6.45) is 3.77. The number of hydrogen-bond donors (Lipinski definition) is 3. The van der Waals surface area contributed by atoms with Crippen LogP contribution in [0.1, 0.15) is 18.0 Å². The van der Waals surface area contributed by atoms with E-state index >= 15 is 0 Å². The number of amides is 3. The van der Waals surface area contributed by atoms with Gasteiger partial charge in [-0.1, -0.05) is 24.3 Å². The maximum absolute atomic E-state index is 12.5. The van der Waals surface area contributed by atoms with E-state index in [0.29, 0.717) is 11.3 Å². The van der Waals surface area contributed by atoms with E-state index in [9.17, 15) is 24.3 Å². The summed E-state index contributed by atoms with van der Waals surface area (Å²) in [7, 11) is 1.47. The van der Waals surface area contributed by atoms with Crippen LogP contribution in [0, 0.1) is 0 Å². The first-order valence-corrected chi connectivity index (χ1v) is 9.14. The molecule has 2 aromatic rings. The van der Waals surface area contributed by atoms with E-state index in [2.05, 4.69) is 15.6 Å². The average molecular weight is 408 g/mol. The maximum atomic E-state index is 12.5. The van der Waals surface area contributed by atoms with E-state index in [4.69, 9.17) is 0 Å². The topological polar surface area (TPSA) is 129 Å². The van der Waals surface area contributed by atoms with Gasteiger partial charge in [-0.25, -0.2) is 4.79 Å². The molecule has 154 valence electrons. The number of aliphatic carboxylic acids is 1. The Hall–Kier alpha value is -4.01. The zero-order valence-corrected chi connectivity index (χ0v) is 16.1. The molecule has 1 aromatic heterocycles. The predicted molar refractivity (Wildman–Crippen MR) is 107 cm³/mol. The van der Waals surface area contributed by atoms with Gasteiger partial charge in [0.25, 0.3) is 5.91 Å². The zero-order chi connectivity index (χ0) is 21.7. The maximum Gasteiger partial charge on any atom is 0.316 e. The molecule has 0 radical (unpaired) electrons. The third kappa shape index (κ3) is 4.88. The first-order valence-electron chi connectivity index (χ1n) is 9.14. The second kappa shape index (κ2) is 8.99. The molecule has 2 atom stereocenters. The normalized spacial score (nSPS) is 16.8. The summed E-state index contributed by atoms with van der Waals surface area (Å²) in [6, 6.07) is 9.37. The molecule has 0 aliphatic carbocycles. The molecule has 0 saturated carbocycles. The van der Waals surface area contributed by atoms with Crippen LogP contribution in [0.25, 0.3) is 11.3 Å². The molecular weight excluding hydrogens is 388 g/mol. The minimum absolute atomic E-state index is 0.383. The number of nitrogens with zero attached hydrogens (tertiary/aromatic N) is 2. The Morgan fingerprint density at radius 3 is 2.70 bits per heavy atom. The van der Waals surface area contributed by atoms with E-state index in [0.717, 1.165) is 5.56 Å². The van der Waals surface area contributed by atoms with Gasteiger partial charge in [-0.15, -0.1) is 0 Å². The van der Waals surface area contributed by atoms with Crippen molar-refractivity contribution in [2.75, 3.05) is 7.05 Å². The van der Waals surface area contributed by atoms with Crippen molar-refractivity contribution in [3.8, 4) is 11.3 Å². The van der Waals surface area contributed by atoms with Crippen molar-refractivity contribution in [3.63, 3.8) is 0 Å². The molecule has 3 N–H and O–H groups in total. The van der Waals surface area contributed by atoms with Gasteiger partial charge in [-0.05, 0) is 23.8 Å². The number of likely N-dealkylation sites (N-methyl/N-ethyl adjacent to an activating group) is 1. The number of carboxylic acids is 1. The molecule has 9 heteroatoms. The Balaban J connectivity index is 1.79. The lowest BCUT2D eigenvalue weighted by molar-refractivity contribution is -0.138. The number of benzene rings is 1. The van der Waals surface area contributed by atoms with Gasteiger partial charge in [0.15, 0.2) is 11.8 Å². The fourth-order valence-electron chi connectivity index (χ4n) is 3.02. The minimum atomic E-state index is -1.36. The van der Waals surface area contributed by atoms with Gasteiger partial charge < -0.3 is 20.6 Å². The Bertz CT molecular complexity index is 1010. The van der Waals surface area contributed by atoms with E-state index in [1.807, 2.05) is 18.2 Å². The van der Waals surface area contributed by atoms with Crippen LogP contribution < -0.4 is 10.6 Å². The van der Waals surface area contributed by atoms with Gasteiger partial charge in [0.1, 0.15) is 0 Å². The third-order valence-electron chi connectivity index (χ3n) is 4.55. The Morgan fingerprint density at radius 2 is 2.00 bits per heavy atom. The van der Waals surface area contributed by atoms with E-state index in [-0.39, 0.29) is 6.42 Å². The van der Waals surface area contributed by atoms with Crippen LogP contribution >= 0.6 is 0 Å². The third-order valence-corrected chi connectivity index (χ3v) is 4.55. The summed E-state index contributed by atoms with van der Waals surface area (Å²) in [4.78, 5) is 53.3. The number of aromatic nitrogens is 1. The Kier molecular flexibility index (Phi) is 6.21. The first kappa shape index (κ1) is 20.7. The van der Waals surface area contributed by atoms with Gasteiger partial charge in [0, 0.05) is 31.1 Å². The SMILES string of the molecule is CN1C=CC(=O)C(NC(=O)NC(CC(=O)O)c2cccc(-c3ccccn3)c2)C1=O. The van der Waals surface area contributed by atoms with Crippen molar-refractivity contribution in [2.24, 2.45) is 0 Å².